The number of hydrogen-bond donors (Lipinski definition) is 3. The summed E-state index contributed by atoms with van der Waals surface area (Å²) in [6, 6.07) is 0. The van der Waals surface area contributed by atoms with Crippen LogP contribution in [-0.2, 0) is 14.2 Å². The van der Waals surface area contributed by atoms with Gasteiger partial charge in [-0.1, -0.05) is 0 Å². The number of aliphatic hydroxyl groups is 3. The molecule has 1 fully saturated rings. The van der Waals surface area contributed by atoms with Crippen LogP contribution in [0.3, 0.4) is 0 Å². The summed E-state index contributed by atoms with van der Waals surface area (Å²) < 4.78 is 14.8. The summed E-state index contributed by atoms with van der Waals surface area (Å²) in [4.78, 5) is 0. The molecule has 0 saturated carbocycles. The summed E-state index contributed by atoms with van der Waals surface area (Å²) in [6.45, 7) is 0.180. The topological polar surface area (TPSA) is 88.4 Å². The van der Waals surface area contributed by atoms with Gasteiger partial charge < -0.3 is 29.5 Å². The van der Waals surface area contributed by atoms with Crippen molar-refractivity contribution in [3.05, 3.63) is 0 Å². The van der Waals surface area contributed by atoms with E-state index >= 15 is 0 Å². The van der Waals surface area contributed by atoms with E-state index < -0.39 is 30.7 Å². The lowest BCUT2D eigenvalue weighted by Gasteiger charge is -2.39. The molecule has 84 valence electrons. The molecular formula is C8H16O6. The van der Waals surface area contributed by atoms with Gasteiger partial charge in [0.05, 0.1) is 6.61 Å². The molecule has 0 spiro atoms. The molecule has 3 N–H and O–H groups in total. The van der Waals surface area contributed by atoms with Gasteiger partial charge in [0.2, 0.25) is 0 Å². The summed E-state index contributed by atoms with van der Waals surface area (Å²) in [6.07, 6.45) is -5.22. The molecule has 0 aromatic heterocycles. The molecule has 14 heavy (non-hydrogen) atoms. The minimum Gasteiger partial charge on any atom is -0.387 e. The normalized spacial score (nSPS) is 43.9. The van der Waals surface area contributed by atoms with E-state index in [1.807, 2.05) is 0 Å². The number of methoxy groups -OCH3 is 2. The molecule has 1 heterocycles. The van der Waals surface area contributed by atoms with Crippen molar-refractivity contribution in [2.45, 2.75) is 30.7 Å². The zero-order chi connectivity index (χ0) is 10.7. The van der Waals surface area contributed by atoms with Crippen LogP contribution in [0.1, 0.15) is 0 Å². The third kappa shape index (κ3) is 2.22. The van der Waals surface area contributed by atoms with E-state index in [9.17, 15) is 15.3 Å². The van der Waals surface area contributed by atoms with Gasteiger partial charge in [-0.15, -0.1) is 0 Å². The minimum absolute atomic E-state index is 0.180. The summed E-state index contributed by atoms with van der Waals surface area (Å²) in [5.74, 6) is 0. The fourth-order valence-corrected chi connectivity index (χ4v) is 1.51. The van der Waals surface area contributed by atoms with Crippen molar-refractivity contribution in [1.29, 1.82) is 0 Å². The van der Waals surface area contributed by atoms with Crippen LogP contribution in [0.2, 0.25) is 0 Å². The maximum atomic E-state index is 9.53. The highest BCUT2D eigenvalue weighted by atomic mass is 16.7. The highest BCUT2D eigenvalue weighted by Crippen LogP contribution is 2.21. The second-order valence-corrected chi connectivity index (χ2v) is 3.20. The van der Waals surface area contributed by atoms with Crippen molar-refractivity contribution in [2.75, 3.05) is 20.8 Å². The van der Waals surface area contributed by atoms with Crippen LogP contribution in [0.25, 0.3) is 0 Å². The van der Waals surface area contributed by atoms with Gasteiger partial charge in [-0.25, -0.2) is 0 Å². The van der Waals surface area contributed by atoms with Crippen LogP contribution < -0.4 is 0 Å². The second kappa shape index (κ2) is 5.01. The van der Waals surface area contributed by atoms with E-state index in [0.717, 1.165) is 0 Å². The molecule has 1 saturated heterocycles. The lowest BCUT2D eigenvalue weighted by molar-refractivity contribution is -0.291. The Morgan fingerprint density at radius 2 is 1.79 bits per heavy atom. The highest BCUT2D eigenvalue weighted by molar-refractivity contribution is 4.89. The molecule has 5 atom stereocenters. The molecule has 0 bridgehead atoms. The summed E-state index contributed by atoms with van der Waals surface area (Å²) in [7, 11) is 2.87. The molecule has 1 rings (SSSR count). The van der Waals surface area contributed by atoms with Gasteiger partial charge in [0.1, 0.15) is 24.4 Å². The third-order valence-electron chi connectivity index (χ3n) is 2.26. The largest absolute Gasteiger partial charge is 0.387 e. The predicted octanol–water partition coefficient (Wildman–Crippen LogP) is -1.91. The Morgan fingerprint density at radius 3 is 2.29 bits per heavy atom. The lowest BCUT2D eigenvalue weighted by Crippen LogP contribution is -2.59. The number of hydrogen-bond acceptors (Lipinski definition) is 6. The van der Waals surface area contributed by atoms with Crippen molar-refractivity contribution in [3.8, 4) is 0 Å². The molecule has 0 unspecified atom stereocenters. The molecule has 0 aromatic rings. The molecule has 6 nitrogen and oxygen atoms in total. The van der Waals surface area contributed by atoms with Crippen LogP contribution in [0, 0.1) is 0 Å². The predicted molar refractivity (Wildman–Crippen MR) is 45.6 cm³/mol. The van der Waals surface area contributed by atoms with Gasteiger partial charge in [-0.2, -0.15) is 0 Å². The smallest absolute Gasteiger partial charge is 0.184 e. The molecule has 0 amide bonds. The Morgan fingerprint density at radius 1 is 1.14 bits per heavy atom. The number of aliphatic hydroxyl groups excluding tert-OH is 3. The second-order valence-electron chi connectivity index (χ2n) is 3.20. The van der Waals surface area contributed by atoms with Crippen molar-refractivity contribution in [2.24, 2.45) is 0 Å². The van der Waals surface area contributed by atoms with Crippen LogP contribution >= 0.6 is 0 Å². The molecular weight excluding hydrogens is 192 g/mol. The zero-order valence-electron chi connectivity index (χ0n) is 8.16. The van der Waals surface area contributed by atoms with Gasteiger partial charge in [0.25, 0.3) is 0 Å². The molecule has 0 aromatic carbocycles. The van der Waals surface area contributed by atoms with Crippen molar-refractivity contribution >= 4 is 0 Å². The monoisotopic (exact) mass is 208 g/mol. The first-order chi connectivity index (χ1) is 6.61. The standard InChI is InChI=1S/C8H16O6/c1-12-3-4-7(13-2)5(9)6(10)8(11)14-4/h4-11H,3H2,1-2H3/t4-,5-,6+,7-,8-/m1/s1. The average Bonchev–Trinajstić information content (AvgIpc) is 2.16. The maximum absolute atomic E-state index is 9.53. The van der Waals surface area contributed by atoms with Crippen LogP contribution in [-0.4, -0.2) is 66.9 Å². The molecule has 0 radical (unpaired) electrons. The SMILES string of the molecule is COC[C@H]1O[C@@H](O)[C@@H](O)[C@@H](O)[C@@H]1OC. The fraction of sp³-hybridized carbons (Fsp3) is 1.00. The first kappa shape index (κ1) is 11.8. The Balaban J connectivity index is 2.66. The first-order valence-electron chi connectivity index (χ1n) is 4.33. The lowest BCUT2D eigenvalue weighted by atomic mass is 9.99. The fourth-order valence-electron chi connectivity index (χ4n) is 1.51. The first-order valence-corrected chi connectivity index (χ1v) is 4.33. The van der Waals surface area contributed by atoms with E-state index in [4.69, 9.17) is 14.2 Å². The molecule has 1 aliphatic rings. The van der Waals surface area contributed by atoms with Gasteiger partial charge in [0.15, 0.2) is 6.29 Å². The van der Waals surface area contributed by atoms with Gasteiger partial charge in [-0.05, 0) is 0 Å². The zero-order valence-corrected chi connectivity index (χ0v) is 8.16. The van der Waals surface area contributed by atoms with E-state index in [2.05, 4.69) is 0 Å². The van der Waals surface area contributed by atoms with Gasteiger partial charge in [-0.3, -0.25) is 0 Å². The van der Waals surface area contributed by atoms with E-state index in [1.165, 1.54) is 14.2 Å². The van der Waals surface area contributed by atoms with Crippen molar-refractivity contribution < 1.29 is 29.5 Å². The van der Waals surface area contributed by atoms with Crippen molar-refractivity contribution in [3.63, 3.8) is 0 Å². The van der Waals surface area contributed by atoms with Crippen LogP contribution in [0.4, 0.5) is 0 Å². The van der Waals surface area contributed by atoms with E-state index in [-0.39, 0.29) is 6.61 Å². The summed E-state index contributed by atoms with van der Waals surface area (Å²) >= 11 is 0. The highest BCUT2D eigenvalue weighted by Gasteiger charge is 2.43. The third-order valence-corrected chi connectivity index (χ3v) is 2.26. The average molecular weight is 208 g/mol. The number of rotatable bonds is 3. The Labute approximate surface area is 82.0 Å². The van der Waals surface area contributed by atoms with Crippen molar-refractivity contribution in [1.82, 2.24) is 0 Å². The van der Waals surface area contributed by atoms with Crippen LogP contribution in [0.15, 0.2) is 0 Å². The molecule has 1 aliphatic heterocycles. The molecule has 6 heteroatoms. The molecule has 0 aliphatic carbocycles. The van der Waals surface area contributed by atoms with E-state index in [0.29, 0.717) is 0 Å². The minimum atomic E-state index is -1.41. The number of ether oxygens (including phenoxy) is 3. The van der Waals surface area contributed by atoms with E-state index in [1.54, 1.807) is 0 Å². The van der Waals surface area contributed by atoms with Crippen LogP contribution in [0.5, 0.6) is 0 Å². The Kier molecular flexibility index (Phi) is 4.24. The Hall–Kier alpha value is -0.240. The summed E-state index contributed by atoms with van der Waals surface area (Å²) in [5.41, 5.74) is 0. The summed E-state index contributed by atoms with van der Waals surface area (Å²) in [5, 5.41) is 28.0. The maximum Gasteiger partial charge on any atom is 0.184 e. The van der Waals surface area contributed by atoms with Gasteiger partial charge >= 0.3 is 0 Å². The quantitative estimate of drug-likeness (QED) is 0.501. The van der Waals surface area contributed by atoms with Gasteiger partial charge in [0, 0.05) is 14.2 Å². The Bertz CT molecular complexity index is 175.